The van der Waals surface area contributed by atoms with E-state index in [2.05, 4.69) is 20.9 Å². The first-order valence-corrected chi connectivity index (χ1v) is 5.11. The van der Waals surface area contributed by atoms with E-state index in [-0.39, 0.29) is 10.2 Å². The summed E-state index contributed by atoms with van der Waals surface area (Å²) in [6.07, 6.45) is -1.15. The zero-order chi connectivity index (χ0) is 10.0. The van der Waals surface area contributed by atoms with E-state index in [9.17, 15) is 8.78 Å². The van der Waals surface area contributed by atoms with Gasteiger partial charge in [-0.2, -0.15) is 0 Å². The maximum Gasteiger partial charge on any atom is 0.267 e. The fourth-order valence-electron chi connectivity index (χ4n) is 0.793. The van der Waals surface area contributed by atoms with Crippen LogP contribution in [0.5, 0.6) is 5.75 Å². The molecule has 0 N–H and O–H groups in total. The third kappa shape index (κ3) is 2.28. The summed E-state index contributed by atoms with van der Waals surface area (Å²) in [7, 11) is 1.42. The molecule has 0 saturated heterocycles. The number of halogens is 4. The van der Waals surface area contributed by atoms with Gasteiger partial charge in [-0.05, 0) is 38.5 Å². The Morgan fingerprint density at radius 3 is 2.69 bits per heavy atom. The molecule has 6 heteroatoms. The Kier molecular flexibility index (Phi) is 3.84. The second-order valence-corrected chi connectivity index (χ2v) is 3.98. The number of nitrogens with zero attached hydrogens (tertiary/aromatic N) is 1. The number of alkyl halides is 2. The highest BCUT2D eigenvalue weighted by Gasteiger charge is 2.19. The number of hydrogen-bond acceptors (Lipinski definition) is 2. The summed E-state index contributed by atoms with van der Waals surface area (Å²) >= 11 is 4.77. The molecule has 1 aromatic heterocycles. The second-order valence-electron chi connectivity index (χ2n) is 2.15. The van der Waals surface area contributed by atoms with Gasteiger partial charge in [-0.15, -0.1) is 0 Å². The Morgan fingerprint density at radius 2 is 2.23 bits per heavy atom. The summed E-state index contributed by atoms with van der Waals surface area (Å²) in [6.45, 7) is 0. The average molecular weight is 364 g/mol. The second kappa shape index (κ2) is 4.50. The first-order valence-electron chi connectivity index (χ1n) is 3.24. The van der Waals surface area contributed by atoms with Gasteiger partial charge in [-0.25, -0.2) is 13.8 Å². The van der Waals surface area contributed by atoms with E-state index >= 15 is 0 Å². The summed E-state index contributed by atoms with van der Waals surface area (Å²) in [5, 5.41) is 0. The molecule has 0 unspecified atom stereocenters. The van der Waals surface area contributed by atoms with E-state index in [0.29, 0.717) is 9.32 Å². The fraction of sp³-hybridized carbons (Fsp3) is 0.286. The number of methoxy groups -OCH3 is 1. The van der Waals surface area contributed by atoms with Gasteiger partial charge in [0.1, 0.15) is 4.60 Å². The molecule has 1 heterocycles. The van der Waals surface area contributed by atoms with Crippen molar-refractivity contribution in [1.29, 1.82) is 0 Å². The quantitative estimate of drug-likeness (QED) is 0.593. The Labute approximate surface area is 96.0 Å². The summed E-state index contributed by atoms with van der Waals surface area (Å²) in [5.74, 6) is 0.360. The van der Waals surface area contributed by atoms with E-state index < -0.39 is 6.43 Å². The number of ether oxygens (including phenoxy) is 1. The lowest BCUT2D eigenvalue weighted by Crippen LogP contribution is -1.97. The lowest BCUT2D eigenvalue weighted by atomic mass is 10.3. The normalized spacial score (nSPS) is 10.6. The molecule has 0 atom stereocenters. The minimum absolute atomic E-state index is 0.125. The highest BCUT2D eigenvalue weighted by molar-refractivity contribution is 14.1. The maximum atomic E-state index is 12.5. The number of rotatable bonds is 2. The van der Waals surface area contributed by atoms with Gasteiger partial charge in [0.15, 0.2) is 5.75 Å². The van der Waals surface area contributed by atoms with Crippen LogP contribution in [0.1, 0.15) is 12.0 Å². The Hall–Kier alpha value is 0.0200. The predicted molar refractivity (Wildman–Crippen MR) is 56.2 cm³/mol. The van der Waals surface area contributed by atoms with Crippen LogP contribution in [-0.2, 0) is 0 Å². The minimum Gasteiger partial charge on any atom is -0.494 e. The molecule has 0 aliphatic heterocycles. The molecule has 2 nitrogen and oxygen atoms in total. The van der Waals surface area contributed by atoms with Crippen LogP contribution in [0, 0.1) is 3.57 Å². The summed E-state index contributed by atoms with van der Waals surface area (Å²) < 4.78 is 30.4. The van der Waals surface area contributed by atoms with Crippen LogP contribution in [0.15, 0.2) is 10.8 Å². The molecule has 0 aromatic carbocycles. The van der Waals surface area contributed by atoms with Crippen LogP contribution in [0.25, 0.3) is 0 Å². The van der Waals surface area contributed by atoms with Gasteiger partial charge < -0.3 is 4.74 Å². The summed E-state index contributed by atoms with van der Waals surface area (Å²) in [5.41, 5.74) is -0.125. The average Bonchev–Trinajstić information content (AvgIpc) is 2.04. The zero-order valence-corrected chi connectivity index (χ0v) is 10.3. The molecule has 0 bridgehead atoms. The lowest BCUT2D eigenvalue weighted by Gasteiger charge is -2.08. The number of hydrogen-bond donors (Lipinski definition) is 0. The van der Waals surface area contributed by atoms with Crippen LogP contribution >= 0.6 is 38.5 Å². The van der Waals surface area contributed by atoms with Gasteiger partial charge in [0.05, 0.1) is 22.4 Å². The van der Waals surface area contributed by atoms with Gasteiger partial charge in [-0.1, -0.05) is 0 Å². The van der Waals surface area contributed by atoms with Gasteiger partial charge in [0, 0.05) is 0 Å². The van der Waals surface area contributed by atoms with E-state index in [4.69, 9.17) is 4.74 Å². The van der Waals surface area contributed by atoms with Crippen LogP contribution in [0.2, 0.25) is 0 Å². The van der Waals surface area contributed by atoms with Crippen LogP contribution in [0.3, 0.4) is 0 Å². The van der Waals surface area contributed by atoms with Crippen molar-refractivity contribution in [1.82, 2.24) is 4.98 Å². The molecule has 0 spiro atoms. The molecule has 72 valence electrons. The van der Waals surface area contributed by atoms with Crippen molar-refractivity contribution < 1.29 is 13.5 Å². The molecule has 1 aromatic rings. The van der Waals surface area contributed by atoms with Crippen molar-refractivity contribution in [3.63, 3.8) is 0 Å². The first-order chi connectivity index (χ1) is 6.07. The standard InChI is InChI=1S/C7H5BrF2INO/c1-13-3-2-12-6(8)4(5(3)11)7(9)10/h2,7H,1H3. The number of pyridine rings is 1. The predicted octanol–water partition coefficient (Wildman–Crippen LogP) is 3.39. The smallest absolute Gasteiger partial charge is 0.267 e. The van der Waals surface area contributed by atoms with Crippen molar-refractivity contribution in [3.8, 4) is 5.75 Å². The van der Waals surface area contributed by atoms with E-state index in [1.807, 2.05) is 0 Å². The molecule has 0 aliphatic carbocycles. The molecular weight excluding hydrogens is 359 g/mol. The van der Waals surface area contributed by atoms with Crippen LogP contribution in [0.4, 0.5) is 8.78 Å². The Bertz CT molecular complexity index is 322. The first kappa shape index (κ1) is 11.1. The molecule has 1 rings (SSSR count). The van der Waals surface area contributed by atoms with E-state index in [1.165, 1.54) is 13.3 Å². The highest BCUT2D eigenvalue weighted by Crippen LogP contribution is 2.34. The van der Waals surface area contributed by atoms with Crippen molar-refractivity contribution in [2.75, 3.05) is 7.11 Å². The van der Waals surface area contributed by atoms with Crippen molar-refractivity contribution in [2.24, 2.45) is 0 Å². The van der Waals surface area contributed by atoms with Crippen LogP contribution in [-0.4, -0.2) is 12.1 Å². The molecule has 0 aliphatic rings. The third-order valence-electron chi connectivity index (χ3n) is 1.41. The van der Waals surface area contributed by atoms with Crippen molar-refractivity contribution >= 4 is 38.5 Å². The third-order valence-corrected chi connectivity index (χ3v) is 3.15. The SMILES string of the molecule is COc1cnc(Br)c(C(F)F)c1I. The maximum absolute atomic E-state index is 12.5. The van der Waals surface area contributed by atoms with Gasteiger partial charge in [-0.3, -0.25) is 0 Å². The molecule has 0 fully saturated rings. The molecule has 0 radical (unpaired) electrons. The van der Waals surface area contributed by atoms with Gasteiger partial charge in [0.2, 0.25) is 0 Å². The zero-order valence-electron chi connectivity index (χ0n) is 6.52. The molecular formula is C7H5BrF2INO. The van der Waals surface area contributed by atoms with Crippen LogP contribution < -0.4 is 4.74 Å². The highest BCUT2D eigenvalue weighted by atomic mass is 127. The Morgan fingerprint density at radius 1 is 1.62 bits per heavy atom. The van der Waals surface area contributed by atoms with Gasteiger partial charge >= 0.3 is 0 Å². The minimum atomic E-state index is -2.55. The largest absolute Gasteiger partial charge is 0.494 e. The van der Waals surface area contributed by atoms with E-state index in [1.54, 1.807) is 22.6 Å². The van der Waals surface area contributed by atoms with Crippen molar-refractivity contribution in [3.05, 3.63) is 19.9 Å². The fourth-order valence-corrected chi connectivity index (χ4v) is 2.49. The summed E-state index contributed by atoms with van der Waals surface area (Å²) in [6, 6.07) is 0. The molecule has 0 saturated carbocycles. The molecule has 13 heavy (non-hydrogen) atoms. The van der Waals surface area contributed by atoms with Crippen molar-refractivity contribution in [2.45, 2.75) is 6.43 Å². The lowest BCUT2D eigenvalue weighted by molar-refractivity contribution is 0.148. The summed E-state index contributed by atoms with van der Waals surface area (Å²) in [4.78, 5) is 3.74. The monoisotopic (exact) mass is 363 g/mol. The topological polar surface area (TPSA) is 22.1 Å². The Balaban J connectivity index is 3.30. The van der Waals surface area contributed by atoms with Gasteiger partial charge in [0.25, 0.3) is 6.43 Å². The van der Waals surface area contributed by atoms with E-state index in [0.717, 1.165) is 0 Å². The molecule has 0 amide bonds. The number of aromatic nitrogens is 1.